The van der Waals surface area contributed by atoms with Gasteiger partial charge in [0.15, 0.2) is 0 Å². The summed E-state index contributed by atoms with van der Waals surface area (Å²) in [7, 11) is 0. The molecule has 1 aromatic rings. The van der Waals surface area contributed by atoms with Crippen LogP contribution in [0.1, 0.15) is 24.8 Å². The van der Waals surface area contributed by atoms with E-state index in [-0.39, 0.29) is 17.3 Å². The van der Waals surface area contributed by atoms with Gasteiger partial charge < -0.3 is 15.5 Å². The Hall–Kier alpha value is -1.62. The molecular formula is C16H22FN3O. The van der Waals surface area contributed by atoms with Crippen molar-refractivity contribution in [3.8, 4) is 0 Å². The van der Waals surface area contributed by atoms with Gasteiger partial charge in [-0.25, -0.2) is 9.18 Å². The van der Waals surface area contributed by atoms with Crippen molar-refractivity contribution in [3.63, 3.8) is 0 Å². The summed E-state index contributed by atoms with van der Waals surface area (Å²) in [6.07, 6.45) is 3.45. The number of halogens is 1. The topological polar surface area (TPSA) is 44.4 Å². The second-order valence-electron chi connectivity index (χ2n) is 6.24. The maximum atomic E-state index is 12.8. The lowest BCUT2D eigenvalue weighted by atomic mass is 9.79. The minimum atomic E-state index is -0.253. The molecule has 2 heterocycles. The molecule has 3 rings (SSSR count). The van der Waals surface area contributed by atoms with Gasteiger partial charge in [0.1, 0.15) is 5.82 Å². The Bertz CT molecular complexity index is 497. The molecule has 4 nitrogen and oxygen atoms in total. The number of hydrogen-bond donors (Lipinski definition) is 2. The molecule has 2 aliphatic heterocycles. The number of carbonyl (C=O) groups excluding carboxylic acids is 1. The molecule has 0 unspecified atom stereocenters. The van der Waals surface area contributed by atoms with Crippen LogP contribution in [0.2, 0.25) is 0 Å². The van der Waals surface area contributed by atoms with E-state index in [0.717, 1.165) is 44.6 Å². The Morgan fingerprint density at radius 2 is 2.14 bits per heavy atom. The van der Waals surface area contributed by atoms with Crippen LogP contribution in [0, 0.1) is 11.2 Å². The van der Waals surface area contributed by atoms with Crippen molar-refractivity contribution in [1.29, 1.82) is 0 Å². The molecule has 5 heteroatoms. The smallest absolute Gasteiger partial charge is 0.317 e. The fourth-order valence-corrected chi connectivity index (χ4v) is 3.42. The summed E-state index contributed by atoms with van der Waals surface area (Å²) in [5.41, 5.74) is 1.20. The van der Waals surface area contributed by atoms with Gasteiger partial charge in [-0.1, -0.05) is 12.1 Å². The normalized spacial score (nSPS) is 25.3. The van der Waals surface area contributed by atoms with Gasteiger partial charge in [-0.05, 0) is 43.5 Å². The molecule has 114 valence electrons. The van der Waals surface area contributed by atoms with E-state index in [2.05, 4.69) is 10.6 Å². The fourth-order valence-electron chi connectivity index (χ4n) is 3.42. The zero-order valence-electron chi connectivity index (χ0n) is 12.2. The zero-order chi connectivity index (χ0) is 14.7. The zero-order valence-corrected chi connectivity index (χ0v) is 12.2. The molecule has 0 saturated carbocycles. The molecule has 0 bridgehead atoms. The highest BCUT2D eigenvalue weighted by atomic mass is 19.1. The maximum Gasteiger partial charge on any atom is 0.317 e. The van der Waals surface area contributed by atoms with Crippen molar-refractivity contribution < 1.29 is 9.18 Å². The highest BCUT2D eigenvalue weighted by Gasteiger charge is 2.39. The number of hydrogen-bond acceptors (Lipinski definition) is 2. The van der Waals surface area contributed by atoms with Gasteiger partial charge in [0, 0.05) is 31.6 Å². The van der Waals surface area contributed by atoms with Gasteiger partial charge in [0.05, 0.1) is 0 Å². The van der Waals surface area contributed by atoms with Gasteiger partial charge in [0.2, 0.25) is 0 Å². The molecule has 2 fully saturated rings. The van der Waals surface area contributed by atoms with E-state index in [0.29, 0.717) is 6.54 Å². The summed E-state index contributed by atoms with van der Waals surface area (Å²) >= 11 is 0. The average molecular weight is 291 g/mol. The van der Waals surface area contributed by atoms with Crippen LogP contribution in [-0.2, 0) is 6.54 Å². The Kier molecular flexibility index (Phi) is 4.10. The highest BCUT2D eigenvalue weighted by molar-refractivity contribution is 5.74. The molecule has 2 amide bonds. The summed E-state index contributed by atoms with van der Waals surface area (Å²) in [5, 5.41) is 6.35. The first kappa shape index (κ1) is 14.3. The van der Waals surface area contributed by atoms with Crippen LogP contribution in [0.15, 0.2) is 24.3 Å². The van der Waals surface area contributed by atoms with Crippen molar-refractivity contribution in [2.75, 3.05) is 26.2 Å². The standard InChI is InChI=1S/C16H22FN3O/c17-14-4-2-13(3-5-14)10-19-15(21)20-9-1-6-16(12-20)7-8-18-11-16/h2-5,18H,1,6-12H2,(H,19,21)/t16-/m1/s1. The molecule has 1 spiro atoms. The summed E-state index contributed by atoms with van der Waals surface area (Å²) in [4.78, 5) is 14.2. The molecule has 0 aromatic heterocycles. The van der Waals surface area contributed by atoms with E-state index in [4.69, 9.17) is 0 Å². The van der Waals surface area contributed by atoms with Gasteiger partial charge in [-0.15, -0.1) is 0 Å². The van der Waals surface area contributed by atoms with Crippen LogP contribution in [-0.4, -0.2) is 37.1 Å². The summed E-state index contributed by atoms with van der Waals surface area (Å²) in [6.45, 7) is 4.20. The first-order chi connectivity index (χ1) is 10.2. The van der Waals surface area contributed by atoms with E-state index in [1.165, 1.54) is 18.6 Å². The number of benzene rings is 1. The van der Waals surface area contributed by atoms with Crippen molar-refractivity contribution in [2.24, 2.45) is 5.41 Å². The Morgan fingerprint density at radius 3 is 2.86 bits per heavy atom. The third-order valence-corrected chi connectivity index (χ3v) is 4.64. The van der Waals surface area contributed by atoms with Crippen molar-refractivity contribution >= 4 is 6.03 Å². The molecular weight excluding hydrogens is 269 g/mol. The van der Waals surface area contributed by atoms with Crippen molar-refractivity contribution in [2.45, 2.75) is 25.8 Å². The largest absolute Gasteiger partial charge is 0.334 e. The van der Waals surface area contributed by atoms with Crippen LogP contribution in [0.5, 0.6) is 0 Å². The number of rotatable bonds is 2. The monoisotopic (exact) mass is 291 g/mol. The molecule has 2 saturated heterocycles. The van der Waals surface area contributed by atoms with E-state index >= 15 is 0 Å². The maximum absolute atomic E-state index is 12.8. The molecule has 1 atom stereocenters. The second-order valence-corrected chi connectivity index (χ2v) is 6.24. The van der Waals surface area contributed by atoms with Crippen LogP contribution in [0.25, 0.3) is 0 Å². The van der Waals surface area contributed by atoms with Crippen molar-refractivity contribution in [3.05, 3.63) is 35.6 Å². The summed E-state index contributed by atoms with van der Waals surface area (Å²) in [6, 6.07) is 6.23. The molecule has 21 heavy (non-hydrogen) atoms. The van der Waals surface area contributed by atoms with Gasteiger partial charge in [-0.3, -0.25) is 0 Å². The number of urea groups is 1. The fraction of sp³-hybridized carbons (Fsp3) is 0.562. The highest BCUT2D eigenvalue weighted by Crippen LogP contribution is 2.35. The number of carbonyl (C=O) groups is 1. The number of piperidine rings is 1. The van der Waals surface area contributed by atoms with Crippen LogP contribution in [0.4, 0.5) is 9.18 Å². The molecule has 1 aromatic carbocycles. The van der Waals surface area contributed by atoms with Gasteiger partial charge in [-0.2, -0.15) is 0 Å². The third kappa shape index (κ3) is 3.35. The van der Waals surface area contributed by atoms with Crippen LogP contribution < -0.4 is 10.6 Å². The average Bonchev–Trinajstić information content (AvgIpc) is 2.94. The lowest BCUT2D eigenvalue weighted by molar-refractivity contribution is 0.118. The van der Waals surface area contributed by atoms with Crippen LogP contribution in [0.3, 0.4) is 0 Å². The summed E-state index contributed by atoms with van der Waals surface area (Å²) in [5.74, 6) is -0.253. The number of amides is 2. The predicted molar refractivity (Wildman–Crippen MR) is 79.4 cm³/mol. The Morgan fingerprint density at radius 1 is 1.33 bits per heavy atom. The molecule has 2 N–H and O–H groups in total. The van der Waals surface area contributed by atoms with E-state index in [1.807, 2.05) is 4.90 Å². The SMILES string of the molecule is O=C(NCc1ccc(F)cc1)N1CCC[C@]2(CCNC2)C1. The van der Waals surface area contributed by atoms with E-state index in [1.54, 1.807) is 12.1 Å². The summed E-state index contributed by atoms with van der Waals surface area (Å²) < 4.78 is 12.8. The van der Waals surface area contributed by atoms with E-state index < -0.39 is 0 Å². The van der Waals surface area contributed by atoms with E-state index in [9.17, 15) is 9.18 Å². The Labute approximate surface area is 124 Å². The minimum Gasteiger partial charge on any atom is -0.334 e. The number of nitrogens with one attached hydrogen (secondary N) is 2. The molecule has 2 aliphatic rings. The lowest BCUT2D eigenvalue weighted by Gasteiger charge is -2.39. The Balaban J connectivity index is 1.54. The number of nitrogens with zero attached hydrogens (tertiary/aromatic N) is 1. The minimum absolute atomic E-state index is 0.00898. The molecule has 0 aliphatic carbocycles. The van der Waals surface area contributed by atoms with Gasteiger partial charge >= 0.3 is 6.03 Å². The van der Waals surface area contributed by atoms with Crippen molar-refractivity contribution in [1.82, 2.24) is 15.5 Å². The predicted octanol–water partition coefficient (Wildman–Crippen LogP) is 2.11. The third-order valence-electron chi connectivity index (χ3n) is 4.64. The number of likely N-dealkylation sites (tertiary alicyclic amines) is 1. The first-order valence-corrected chi connectivity index (χ1v) is 7.65. The second kappa shape index (κ2) is 6.02. The lowest BCUT2D eigenvalue weighted by Crippen LogP contribution is -2.50. The first-order valence-electron chi connectivity index (χ1n) is 7.65. The molecule has 0 radical (unpaired) electrons. The quantitative estimate of drug-likeness (QED) is 0.876. The van der Waals surface area contributed by atoms with Crippen LogP contribution >= 0.6 is 0 Å². The van der Waals surface area contributed by atoms with Gasteiger partial charge in [0.25, 0.3) is 0 Å².